The lowest BCUT2D eigenvalue weighted by Gasteiger charge is -2.16. The summed E-state index contributed by atoms with van der Waals surface area (Å²) < 4.78 is 5.73. The number of anilines is 2. The standard InChI is InChI=1S/C24H25ClN4O3S/c1-15-5-3-6-19(11-15)29-14-17(13-22(29)31)23-27-28-24(33-23)26-21(30)7-4-10-32-20-9-8-18(25)12-16(20)2/h3,5-6,8-9,11-12,17H,4,7,10,13-14H2,1-2H3,(H,26,28,30). The highest BCUT2D eigenvalue weighted by Crippen LogP contribution is 2.34. The van der Waals surface area contributed by atoms with Crippen LogP contribution in [0.15, 0.2) is 42.5 Å². The van der Waals surface area contributed by atoms with E-state index in [0.717, 1.165) is 27.6 Å². The van der Waals surface area contributed by atoms with Gasteiger partial charge in [0, 0.05) is 36.0 Å². The zero-order chi connectivity index (χ0) is 23.4. The van der Waals surface area contributed by atoms with E-state index in [0.29, 0.717) is 42.6 Å². The van der Waals surface area contributed by atoms with Crippen LogP contribution in [0.2, 0.25) is 5.02 Å². The molecule has 0 saturated carbocycles. The van der Waals surface area contributed by atoms with Crippen molar-refractivity contribution >= 4 is 45.6 Å². The fourth-order valence-corrected chi connectivity index (χ4v) is 4.82. The Morgan fingerprint density at radius 2 is 2.09 bits per heavy atom. The lowest BCUT2D eigenvalue weighted by Crippen LogP contribution is -2.24. The molecule has 3 aromatic rings. The highest BCUT2D eigenvalue weighted by atomic mass is 35.5. The van der Waals surface area contributed by atoms with E-state index in [2.05, 4.69) is 15.5 Å². The Balaban J connectivity index is 1.25. The maximum absolute atomic E-state index is 12.5. The van der Waals surface area contributed by atoms with Gasteiger partial charge in [0.05, 0.1) is 6.61 Å². The highest BCUT2D eigenvalue weighted by Gasteiger charge is 2.34. The minimum atomic E-state index is -0.141. The Labute approximate surface area is 201 Å². The van der Waals surface area contributed by atoms with Gasteiger partial charge in [-0.05, 0) is 61.7 Å². The normalized spacial score (nSPS) is 15.7. The van der Waals surface area contributed by atoms with Crippen molar-refractivity contribution in [1.29, 1.82) is 0 Å². The lowest BCUT2D eigenvalue weighted by molar-refractivity contribution is -0.117. The van der Waals surface area contributed by atoms with Crippen LogP contribution in [0.3, 0.4) is 0 Å². The van der Waals surface area contributed by atoms with Crippen molar-refractivity contribution in [2.45, 2.75) is 39.0 Å². The van der Waals surface area contributed by atoms with Gasteiger partial charge in [-0.2, -0.15) is 0 Å². The number of carbonyl (C=O) groups is 2. The van der Waals surface area contributed by atoms with Crippen molar-refractivity contribution in [3.8, 4) is 5.75 Å². The first-order valence-corrected chi connectivity index (χ1v) is 12.0. The third-order valence-corrected chi connectivity index (χ3v) is 6.65. The average Bonchev–Trinajstić information content (AvgIpc) is 3.39. The van der Waals surface area contributed by atoms with Crippen molar-refractivity contribution in [2.24, 2.45) is 0 Å². The van der Waals surface area contributed by atoms with E-state index in [1.165, 1.54) is 11.3 Å². The first-order valence-electron chi connectivity index (χ1n) is 10.8. The molecule has 172 valence electrons. The van der Waals surface area contributed by atoms with Gasteiger partial charge in [0.1, 0.15) is 10.8 Å². The monoisotopic (exact) mass is 484 g/mol. The fourth-order valence-electron chi connectivity index (χ4n) is 3.74. The fraction of sp³-hybridized carbons (Fsp3) is 0.333. The Bertz CT molecular complexity index is 1170. The first-order chi connectivity index (χ1) is 15.9. The third-order valence-electron chi connectivity index (χ3n) is 5.42. The van der Waals surface area contributed by atoms with E-state index < -0.39 is 0 Å². The van der Waals surface area contributed by atoms with Gasteiger partial charge in [-0.15, -0.1) is 10.2 Å². The molecule has 2 aromatic carbocycles. The summed E-state index contributed by atoms with van der Waals surface area (Å²) in [5.41, 5.74) is 2.97. The molecule has 0 bridgehead atoms. The molecule has 0 radical (unpaired) electrons. The van der Waals surface area contributed by atoms with Gasteiger partial charge >= 0.3 is 0 Å². The minimum Gasteiger partial charge on any atom is -0.493 e. The molecule has 1 aliphatic heterocycles. The SMILES string of the molecule is Cc1cccc(N2CC(c3nnc(NC(=O)CCCOc4ccc(Cl)cc4C)s3)CC2=O)c1. The van der Waals surface area contributed by atoms with Gasteiger partial charge in [0.15, 0.2) is 0 Å². The molecule has 1 atom stereocenters. The first kappa shape index (κ1) is 23.2. The Hall–Kier alpha value is -2.97. The van der Waals surface area contributed by atoms with Crippen molar-refractivity contribution in [2.75, 3.05) is 23.4 Å². The number of benzene rings is 2. The molecule has 1 fully saturated rings. The number of nitrogens with one attached hydrogen (secondary N) is 1. The van der Waals surface area contributed by atoms with Gasteiger partial charge in [-0.1, -0.05) is 35.1 Å². The number of carbonyl (C=O) groups excluding carboxylic acids is 2. The number of hydrogen-bond acceptors (Lipinski definition) is 6. The zero-order valence-corrected chi connectivity index (χ0v) is 20.1. The van der Waals surface area contributed by atoms with Gasteiger partial charge in [0.25, 0.3) is 0 Å². The molecule has 33 heavy (non-hydrogen) atoms. The van der Waals surface area contributed by atoms with Gasteiger partial charge < -0.3 is 15.0 Å². The van der Waals surface area contributed by atoms with Gasteiger partial charge in [0.2, 0.25) is 16.9 Å². The van der Waals surface area contributed by atoms with Crippen LogP contribution in [0, 0.1) is 13.8 Å². The quantitative estimate of drug-likeness (QED) is 0.448. The Morgan fingerprint density at radius 1 is 1.24 bits per heavy atom. The van der Waals surface area contributed by atoms with E-state index in [1.54, 1.807) is 11.0 Å². The number of halogens is 1. The smallest absolute Gasteiger partial charge is 0.227 e. The Kier molecular flexibility index (Phi) is 7.25. The van der Waals surface area contributed by atoms with Crippen molar-refractivity contribution in [3.05, 3.63) is 63.6 Å². The van der Waals surface area contributed by atoms with Crippen LogP contribution >= 0.6 is 22.9 Å². The molecule has 1 saturated heterocycles. The summed E-state index contributed by atoms with van der Waals surface area (Å²) in [5, 5.41) is 13.0. The number of ether oxygens (including phenoxy) is 1. The molecule has 1 aliphatic rings. The van der Waals surface area contributed by atoms with E-state index in [-0.39, 0.29) is 17.7 Å². The lowest BCUT2D eigenvalue weighted by atomic mass is 10.1. The molecule has 1 unspecified atom stereocenters. The highest BCUT2D eigenvalue weighted by molar-refractivity contribution is 7.15. The molecule has 2 amide bonds. The Morgan fingerprint density at radius 3 is 2.88 bits per heavy atom. The molecule has 0 spiro atoms. The molecule has 4 rings (SSSR count). The maximum Gasteiger partial charge on any atom is 0.227 e. The molecule has 0 aliphatic carbocycles. The summed E-state index contributed by atoms with van der Waals surface area (Å²) in [6.45, 7) is 4.92. The third kappa shape index (κ3) is 5.89. The number of aryl methyl sites for hydroxylation is 2. The zero-order valence-electron chi connectivity index (χ0n) is 18.5. The molecule has 2 heterocycles. The summed E-state index contributed by atoms with van der Waals surface area (Å²) in [7, 11) is 0. The van der Waals surface area contributed by atoms with Crippen LogP contribution < -0.4 is 15.0 Å². The van der Waals surface area contributed by atoms with Crippen molar-refractivity contribution < 1.29 is 14.3 Å². The summed E-state index contributed by atoms with van der Waals surface area (Å²) >= 11 is 7.27. The van der Waals surface area contributed by atoms with E-state index in [4.69, 9.17) is 16.3 Å². The topological polar surface area (TPSA) is 84.4 Å². The van der Waals surface area contributed by atoms with E-state index in [9.17, 15) is 9.59 Å². The van der Waals surface area contributed by atoms with Crippen LogP contribution in [0.4, 0.5) is 10.8 Å². The second-order valence-corrected chi connectivity index (χ2v) is 9.55. The number of nitrogens with zero attached hydrogens (tertiary/aromatic N) is 3. The van der Waals surface area contributed by atoms with Crippen molar-refractivity contribution in [3.63, 3.8) is 0 Å². The van der Waals surface area contributed by atoms with Crippen LogP contribution in [-0.2, 0) is 9.59 Å². The van der Waals surface area contributed by atoms with E-state index in [1.807, 2.05) is 50.2 Å². The second-order valence-electron chi connectivity index (χ2n) is 8.10. The number of aromatic nitrogens is 2. The second kappa shape index (κ2) is 10.3. The van der Waals surface area contributed by atoms with Crippen molar-refractivity contribution in [1.82, 2.24) is 10.2 Å². The van der Waals surface area contributed by atoms with Crippen LogP contribution in [0.5, 0.6) is 5.75 Å². The van der Waals surface area contributed by atoms with Crippen LogP contribution in [0.1, 0.15) is 41.3 Å². The summed E-state index contributed by atoms with van der Waals surface area (Å²) in [6, 6.07) is 13.4. The predicted octanol–water partition coefficient (Wildman–Crippen LogP) is 5.13. The maximum atomic E-state index is 12.5. The number of amides is 2. The summed E-state index contributed by atoms with van der Waals surface area (Å²) in [6.07, 6.45) is 1.27. The van der Waals surface area contributed by atoms with Crippen LogP contribution in [0.25, 0.3) is 0 Å². The minimum absolute atomic E-state index is 0.0304. The number of hydrogen-bond donors (Lipinski definition) is 1. The van der Waals surface area contributed by atoms with E-state index >= 15 is 0 Å². The molecule has 7 nitrogen and oxygen atoms in total. The van der Waals surface area contributed by atoms with Gasteiger partial charge in [-0.3, -0.25) is 9.59 Å². The molecule has 1 N–H and O–H groups in total. The molecule has 9 heteroatoms. The van der Waals surface area contributed by atoms with Crippen LogP contribution in [-0.4, -0.2) is 35.2 Å². The largest absolute Gasteiger partial charge is 0.493 e. The van der Waals surface area contributed by atoms with Gasteiger partial charge in [-0.25, -0.2) is 0 Å². The predicted molar refractivity (Wildman–Crippen MR) is 130 cm³/mol. The number of rotatable bonds is 8. The molecule has 1 aromatic heterocycles. The molecular formula is C24H25ClN4O3S. The summed E-state index contributed by atoms with van der Waals surface area (Å²) in [4.78, 5) is 26.6. The molecular weight excluding hydrogens is 460 g/mol. The average molecular weight is 485 g/mol. The summed E-state index contributed by atoms with van der Waals surface area (Å²) in [5.74, 6) is 0.664.